The van der Waals surface area contributed by atoms with E-state index in [9.17, 15) is 13.2 Å². The van der Waals surface area contributed by atoms with E-state index in [0.29, 0.717) is 13.1 Å². The van der Waals surface area contributed by atoms with Crippen molar-refractivity contribution in [3.8, 4) is 0 Å². The second-order valence-electron chi connectivity index (χ2n) is 6.62. The van der Waals surface area contributed by atoms with Gasteiger partial charge in [0.2, 0.25) is 15.9 Å². The highest BCUT2D eigenvalue weighted by molar-refractivity contribution is 7.88. The third kappa shape index (κ3) is 5.89. The molecule has 0 aliphatic carbocycles. The number of likely N-dealkylation sites (tertiary alicyclic amines) is 1. The molecule has 24 heavy (non-hydrogen) atoms. The fraction of sp³-hybridized carbons (Fsp3) is 0.588. The molecule has 134 valence electrons. The Bertz CT molecular complexity index is 667. The molecule has 0 atom stereocenters. The molecular weight excluding hydrogens is 326 g/mol. The van der Waals surface area contributed by atoms with E-state index in [-0.39, 0.29) is 11.9 Å². The largest absolute Gasteiger partial charge is 0.340 e. The van der Waals surface area contributed by atoms with Crippen LogP contribution < -0.4 is 4.72 Å². The summed E-state index contributed by atoms with van der Waals surface area (Å²) in [5, 5.41) is 0. The molecule has 0 unspecified atom stereocenters. The first-order valence-corrected chi connectivity index (χ1v) is 10.1. The van der Waals surface area contributed by atoms with Gasteiger partial charge < -0.3 is 4.90 Å². The molecule has 6 nitrogen and oxygen atoms in total. The van der Waals surface area contributed by atoms with Crippen molar-refractivity contribution in [2.75, 3.05) is 32.9 Å². The van der Waals surface area contributed by atoms with Gasteiger partial charge in [0.1, 0.15) is 0 Å². The summed E-state index contributed by atoms with van der Waals surface area (Å²) in [5.41, 5.74) is 2.34. The lowest BCUT2D eigenvalue weighted by atomic mass is 10.1. The van der Waals surface area contributed by atoms with Crippen LogP contribution in [0.4, 0.5) is 0 Å². The number of hydrogen-bond acceptors (Lipinski definition) is 4. The summed E-state index contributed by atoms with van der Waals surface area (Å²) in [6.07, 6.45) is 2.66. The maximum atomic E-state index is 12.4. The molecule has 0 radical (unpaired) electrons. The van der Waals surface area contributed by atoms with Crippen molar-refractivity contribution >= 4 is 15.9 Å². The Labute approximate surface area is 144 Å². The summed E-state index contributed by atoms with van der Waals surface area (Å²) in [6.45, 7) is 4.51. The van der Waals surface area contributed by atoms with Crippen molar-refractivity contribution in [3.63, 3.8) is 0 Å². The molecule has 1 fully saturated rings. The predicted octanol–water partition coefficient (Wildman–Crippen LogP) is 0.967. The van der Waals surface area contributed by atoms with Gasteiger partial charge in [-0.1, -0.05) is 24.3 Å². The lowest BCUT2D eigenvalue weighted by Gasteiger charge is -2.32. The Morgan fingerprint density at radius 3 is 2.50 bits per heavy atom. The fourth-order valence-corrected chi connectivity index (χ4v) is 3.80. The lowest BCUT2D eigenvalue weighted by molar-refractivity contribution is -0.131. The predicted molar refractivity (Wildman–Crippen MR) is 95.1 cm³/mol. The van der Waals surface area contributed by atoms with Gasteiger partial charge in [-0.05, 0) is 30.9 Å². The molecule has 1 amide bonds. The van der Waals surface area contributed by atoms with Crippen molar-refractivity contribution < 1.29 is 13.2 Å². The van der Waals surface area contributed by atoms with E-state index in [1.165, 1.54) is 11.8 Å². The standard InChI is InChI=1S/C17H27N3O3S/c1-14-6-4-5-7-15(14)12-19(2)17(21)13-20-10-8-16(9-11-20)18-24(3,22)23/h4-7,16,18H,8-13H2,1-3H3. The van der Waals surface area contributed by atoms with Gasteiger partial charge in [-0.3, -0.25) is 9.69 Å². The third-order valence-electron chi connectivity index (χ3n) is 4.42. The Morgan fingerprint density at radius 2 is 1.92 bits per heavy atom. The highest BCUT2D eigenvalue weighted by Gasteiger charge is 2.23. The van der Waals surface area contributed by atoms with Crippen LogP contribution in [0, 0.1) is 6.92 Å². The molecule has 1 aliphatic rings. The first kappa shape index (κ1) is 18.9. The summed E-state index contributed by atoms with van der Waals surface area (Å²) in [4.78, 5) is 16.3. The average Bonchev–Trinajstić information content (AvgIpc) is 2.50. The van der Waals surface area contributed by atoms with Crippen LogP contribution in [0.15, 0.2) is 24.3 Å². The Hall–Kier alpha value is -1.44. The van der Waals surface area contributed by atoms with E-state index in [2.05, 4.69) is 9.62 Å². The zero-order valence-corrected chi connectivity index (χ0v) is 15.5. The summed E-state index contributed by atoms with van der Waals surface area (Å²) in [5.74, 6) is 0.0905. The normalized spacial score (nSPS) is 17.0. The van der Waals surface area contributed by atoms with Gasteiger partial charge in [-0.2, -0.15) is 0 Å². The molecule has 1 N–H and O–H groups in total. The molecule has 0 spiro atoms. The fourth-order valence-electron chi connectivity index (χ4n) is 2.95. The van der Waals surface area contributed by atoms with E-state index < -0.39 is 10.0 Å². The topological polar surface area (TPSA) is 69.7 Å². The molecule has 0 bridgehead atoms. The van der Waals surface area contributed by atoms with Crippen LogP contribution in [0.3, 0.4) is 0 Å². The quantitative estimate of drug-likeness (QED) is 0.827. The van der Waals surface area contributed by atoms with E-state index in [1.807, 2.05) is 38.2 Å². The monoisotopic (exact) mass is 353 g/mol. The van der Waals surface area contributed by atoms with Crippen LogP contribution in [0.5, 0.6) is 0 Å². The van der Waals surface area contributed by atoms with Gasteiger partial charge in [-0.25, -0.2) is 13.1 Å². The summed E-state index contributed by atoms with van der Waals surface area (Å²) >= 11 is 0. The van der Waals surface area contributed by atoms with Crippen LogP contribution >= 0.6 is 0 Å². The Kier molecular flexibility index (Phi) is 6.37. The number of hydrogen-bond donors (Lipinski definition) is 1. The second kappa shape index (κ2) is 8.09. The number of sulfonamides is 1. The number of carbonyl (C=O) groups is 1. The molecule has 2 rings (SSSR count). The van der Waals surface area contributed by atoms with E-state index in [0.717, 1.165) is 31.5 Å². The number of rotatable bonds is 6. The van der Waals surface area contributed by atoms with Crippen molar-refractivity contribution in [2.24, 2.45) is 0 Å². The molecule has 1 aliphatic heterocycles. The number of likely N-dealkylation sites (N-methyl/N-ethyl adjacent to an activating group) is 1. The number of amides is 1. The third-order valence-corrected chi connectivity index (χ3v) is 5.18. The number of carbonyl (C=O) groups excluding carboxylic acids is 1. The van der Waals surface area contributed by atoms with Crippen LogP contribution in [0.1, 0.15) is 24.0 Å². The molecule has 1 aromatic carbocycles. The average molecular weight is 353 g/mol. The summed E-state index contributed by atoms with van der Waals surface area (Å²) in [6, 6.07) is 8.06. The van der Waals surface area contributed by atoms with Crippen molar-refractivity contribution in [1.29, 1.82) is 0 Å². The van der Waals surface area contributed by atoms with E-state index >= 15 is 0 Å². The van der Waals surface area contributed by atoms with Crippen LogP contribution in [0.25, 0.3) is 0 Å². The molecule has 1 heterocycles. The van der Waals surface area contributed by atoms with Crippen molar-refractivity contribution in [2.45, 2.75) is 32.4 Å². The zero-order valence-electron chi connectivity index (χ0n) is 14.7. The van der Waals surface area contributed by atoms with Gasteiger partial charge in [0.05, 0.1) is 12.8 Å². The molecule has 7 heteroatoms. The summed E-state index contributed by atoms with van der Waals surface area (Å²) < 4.78 is 25.2. The second-order valence-corrected chi connectivity index (χ2v) is 8.40. The molecular formula is C17H27N3O3S. The van der Waals surface area contributed by atoms with Gasteiger partial charge in [-0.15, -0.1) is 0 Å². The number of aryl methyl sites for hydroxylation is 1. The Balaban J connectivity index is 1.80. The van der Waals surface area contributed by atoms with Gasteiger partial charge in [0.15, 0.2) is 0 Å². The lowest BCUT2D eigenvalue weighted by Crippen LogP contribution is -2.47. The molecule has 1 saturated heterocycles. The molecule has 1 aromatic rings. The zero-order chi connectivity index (χ0) is 17.7. The smallest absolute Gasteiger partial charge is 0.236 e. The van der Waals surface area contributed by atoms with E-state index in [1.54, 1.807) is 4.90 Å². The van der Waals surface area contributed by atoms with Crippen molar-refractivity contribution in [3.05, 3.63) is 35.4 Å². The van der Waals surface area contributed by atoms with Crippen LogP contribution in [0.2, 0.25) is 0 Å². The maximum absolute atomic E-state index is 12.4. The number of nitrogens with zero attached hydrogens (tertiary/aromatic N) is 2. The van der Waals surface area contributed by atoms with Crippen LogP contribution in [-0.2, 0) is 21.4 Å². The number of nitrogens with one attached hydrogen (secondary N) is 1. The summed E-state index contributed by atoms with van der Waals surface area (Å²) in [7, 11) is -1.33. The number of benzene rings is 1. The van der Waals surface area contributed by atoms with Crippen molar-refractivity contribution in [1.82, 2.24) is 14.5 Å². The highest BCUT2D eigenvalue weighted by atomic mass is 32.2. The van der Waals surface area contributed by atoms with Crippen LogP contribution in [-0.4, -0.2) is 63.1 Å². The van der Waals surface area contributed by atoms with Gasteiger partial charge in [0.25, 0.3) is 0 Å². The minimum absolute atomic E-state index is 0.0175. The minimum atomic E-state index is -3.16. The van der Waals surface area contributed by atoms with Gasteiger partial charge in [0, 0.05) is 32.7 Å². The molecule has 0 aromatic heterocycles. The Morgan fingerprint density at radius 1 is 1.29 bits per heavy atom. The molecule has 0 saturated carbocycles. The first-order valence-electron chi connectivity index (χ1n) is 8.23. The SMILES string of the molecule is Cc1ccccc1CN(C)C(=O)CN1CCC(NS(C)(=O)=O)CC1. The highest BCUT2D eigenvalue weighted by Crippen LogP contribution is 2.13. The first-order chi connectivity index (χ1) is 11.2. The van der Waals surface area contributed by atoms with E-state index in [4.69, 9.17) is 0 Å². The van der Waals surface area contributed by atoms with Gasteiger partial charge >= 0.3 is 0 Å². The minimum Gasteiger partial charge on any atom is -0.340 e. The maximum Gasteiger partial charge on any atom is 0.236 e. The number of piperidine rings is 1.